The second-order valence-electron chi connectivity index (χ2n) is 6.39. The third-order valence-electron chi connectivity index (χ3n) is 4.53. The zero-order valence-corrected chi connectivity index (χ0v) is 14.7. The average molecular weight is 356 g/mol. The lowest BCUT2D eigenvalue weighted by molar-refractivity contribution is -0.142. The van der Waals surface area contributed by atoms with Gasteiger partial charge in [-0.2, -0.15) is 0 Å². The van der Waals surface area contributed by atoms with Crippen molar-refractivity contribution in [2.45, 2.75) is 45.7 Å². The highest BCUT2D eigenvalue weighted by Gasteiger charge is 2.37. The molecule has 1 atom stereocenters. The zero-order chi connectivity index (χ0) is 18.8. The fourth-order valence-corrected chi connectivity index (χ4v) is 3.29. The number of imide groups is 1. The van der Waals surface area contributed by atoms with E-state index in [0.717, 1.165) is 11.1 Å². The summed E-state index contributed by atoms with van der Waals surface area (Å²) in [6, 6.07) is 4.72. The Labute approximate surface area is 150 Å². The summed E-state index contributed by atoms with van der Waals surface area (Å²) in [4.78, 5) is 53.6. The molecule has 0 bridgehead atoms. The molecule has 2 heterocycles. The molecule has 8 heteroatoms. The van der Waals surface area contributed by atoms with E-state index in [1.165, 1.54) is 11.8 Å². The number of piperidine rings is 1. The third-order valence-corrected chi connectivity index (χ3v) is 4.53. The van der Waals surface area contributed by atoms with Crippen molar-refractivity contribution in [1.82, 2.24) is 15.5 Å². The number of hydrogen-bond donors (Lipinski definition) is 2. The molecule has 1 unspecified atom stereocenters. The summed E-state index contributed by atoms with van der Waals surface area (Å²) >= 11 is 0. The second-order valence-corrected chi connectivity index (χ2v) is 6.39. The molecule has 136 valence electrons. The molecular formula is C18H20N4O4. The van der Waals surface area contributed by atoms with Crippen molar-refractivity contribution >= 4 is 35.2 Å². The van der Waals surface area contributed by atoms with Crippen LogP contribution in [0.25, 0.3) is 0 Å². The number of benzene rings is 1. The number of aliphatic imine (C=N–C) groups is 1. The first-order valence-electron chi connectivity index (χ1n) is 8.43. The smallest absolute Gasteiger partial charge is 0.249 e. The highest BCUT2D eigenvalue weighted by molar-refractivity contribution is 6.08. The number of rotatable bonds is 3. The van der Waals surface area contributed by atoms with Crippen LogP contribution in [0.1, 0.15) is 37.8 Å². The van der Waals surface area contributed by atoms with Crippen molar-refractivity contribution in [1.29, 1.82) is 0 Å². The molecule has 1 aromatic rings. The Morgan fingerprint density at radius 2 is 2.12 bits per heavy atom. The molecule has 0 spiro atoms. The molecule has 1 fully saturated rings. The number of carbonyl (C=O) groups is 4. The quantitative estimate of drug-likeness (QED) is 0.772. The van der Waals surface area contributed by atoms with Crippen molar-refractivity contribution in [3.8, 4) is 0 Å². The van der Waals surface area contributed by atoms with E-state index in [-0.39, 0.29) is 37.0 Å². The maximum absolute atomic E-state index is 12.9. The van der Waals surface area contributed by atoms with Gasteiger partial charge in [-0.3, -0.25) is 29.4 Å². The monoisotopic (exact) mass is 356 g/mol. The summed E-state index contributed by atoms with van der Waals surface area (Å²) in [6.45, 7) is 3.41. The summed E-state index contributed by atoms with van der Waals surface area (Å²) in [5, 5.41) is 5.01. The van der Waals surface area contributed by atoms with Crippen LogP contribution in [0.5, 0.6) is 0 Å². The minimum absolute atomic E-state index is 0.0731. The number of amidine groups is 1. The van der Waals surface area contributed by atoms with E-state index in [1.807, 2.05) is 12.1 Å². The largest absolute Gasteiger partial charge is 0.352 e. The van der Waals surface area contributed by atoms with Crippen LogP contribution in [0, 0.1) is 0 Å². The third kappa shape index (κ3) is 3.49. The normalized spacial score (nSPS) is 20.1. The Balaban J connectivity index is 1.92. The number of amides is 4. The number of fused-ring (bicyclic) bond motifs is 1. The van der Waals surface area contributed by atoms with Crippen LogP contribution in [0.2, 0.25) is 0 Å². The first kappa shape index (κ1) is 17.8. The SMILES string of the molecule is CC(=O)NCc1cccc2c1CC(=O)N(C1CCC(=O)NC1=O)C(C)=N2. The van der Waals surface area contributed by atoms with Crippen molar-refractivity contribution < 1.29 is 19.2 Å². The van der Waals surface area contributed by atoms with Gasteiger partial charge in [0.25, 0.3) is 0 Å². The summed E-state index contributed by atoms with van der Waals surface area (Å²) in [5.41, 5.74) is 2.20. The van der Waals surface area contributed by atoms with Crippen LogP contribution in [-0.2, 0) is 32.1 Å². The number of hydrogen-bond acceptors (Lipinski definition) is 5. The van der Waals surface area contributed by atoms with Gasteiger partial charge in [0.2, 0.25) is 23.6 Å². The van der Waals surface area contributed by atoms with Gasteiger partial charge in [0, 0.05) is 19.9 Å². The Hall–Kier alpha value is -3.03. The van der Waals surface area contributed by atoms with E-state index in [2.05, 4.69) is 15.6 Å². The molecule has 26 heavy (non-hydrogen) atoms. The summed E-state index contributed by atoms with van der Waals surface area (Å²) in [6.07, 6.45) is 0.538. The maximum atomic E-state index is 12.9. The lowest BCUT2D eigenvalue weighted by Crippen LogP contribution is -2.55. The van der Waals surface area contributed by atoms with Gasteiger partial charge in [-0.05, 0) is 30.5 Å². The van der Waals surface area contributed by atoms with Gasteiger partial charge >= 0.3 is 0 Å². The molecule has 2 N–H and O–H groups in total. The molecule has 0 aromatic heterocycles. The van der Waals surface area contributed by atoms with Crippen molar-refractivity contribution in [3.63, 3.8) is 0 Å². The summed E-state index contributed by atoms with van der Waals surface area (Å²) in [5.74, 6) is -0.806. The highest BCUT2D eigenvalue weighted by atomic mass is 16.2. The molecule has 0 saturated carbocycles. The van der Waals surface area contributed by atoms with Crippen molar-refractivity contribution in [3.05, 3.63) is 29.3 Å². The topological polar surface area (TPSA) is 108 Å². The molecule has 8 nitrogen and oxygen atoms in total. The average Bonchev–Trinajstić information content (AvgIpc) is 2.69. The maximum Gasteiger partial charge on any atom is 0.249 e. The Kier molecular flexibility index (Phi) is 4.83. The Morgan fingerprint density at radius 1 is 1.35 bits per heavy atom. The first-order valence-corrected chi connectivity index (χ1v) is 8.43. The Morgan fingerprint density at radius 3 is 2.81 bits per heavy atom. The lowest BCUT2D eigenvalue weighted by atomic mass is 10.00. The molecule has 0 radical (unpaired) electrons. The molecule has 4 amide bonds. The van der Waals surface area contributed by atoms with E-state index in [1.54, 1.807) is 13.0 Å². The predicted octanol–water partition coefficient (Wildman–Crippen LogP) is 0.562. The Bertz CT molecular complexity index is 830. The van der Waals surface area contributed by atoms with E-state index in [4.69, 9.17) is 0 Å². The first-order chi connectivity index (χ1) is 12.4. The standard InChI is InChI=1S/C18H20N4O4/c1-10-20-14-5-3-4-12(9-19-11(2)23)13(14)8-17(25)22(10)15-6-7-16(24)21-18(15)26/h3-5,15H,6-9H2,1-2H3,(H,19,23)(H,21,24,26). The molecular weight excluding hydrogens is 336 g/mol. The van der Waals surface area contributed by atoms with Crippen molar-refractivity contribution in [2.75, 3.05) is 0 Å². The summed E-state index contributed by atoms with van der Waals surface area (Å²) in [7, 11) is 0. The second kappa shape index (κ2) is 7.07. The zero-order valence-electron chi connectivity index (χ0n) is 14.7. The van der Waals surface area contributed by atoms with Gasteiger partial charge in [-0.15, -0.1) is 0 Å². The van der Waals surface area contributed by atoms with Crippen LogP contribution in [0.3, 0.4) is 0 Å². The highest BCUT2D eigenvalue weighted by Crippen LogP contribution is 2.29. The van der Waals surface area contributed by atoms with Crippen LogP contribution in [0.4, 0.5) is 5.69 Å². The van der Waals surface area contributed by atoms with E-state index >= 15 is 0 Å². The van der Waals surface area contributed by atoms with Gasteiger partial charge < -0.3 is 5.32 Å². The van der Waals surface area contributed by atoms with Gasteiger partial charge in [0.05, 0.1) is 12.1 Å². The minimum Gasteiger partial charge on any atom is -0.352 e. The van der Waals surface area contributed by atoms with Gasteiger partial charge in [-0.25, -0.2) is 4.99 Å². The molecule has 3 rings (SSSR count). The van der Waals surface area contributed by atoms with Crippen LogP contribution >= 0.6 is 0 Å². The van der Waals surface area contributed by atoms with Gasteiger partial charge in [0.15, 0.2) is 0 Å². The van der Waals surface area contributed by atoms with Gasteiger partial charge in [-0.1, -0.05) is 12.1 Å². The van der Waals surface area contributed by atoms with E-state index in [0.29, 0.717) is 18.1 Å². The lowest BCUT2D eigenvalue weighted by Gasteiger charge is -2.31. The number of nitrogens with one attached hydrogen (secondary N) is 2. The molecule has 1 aromatic carbocycles. The molecule has 1 saturated heterocycles. The van der Waals surface area contributed by atoms with E-state index < -0.39 is 11.9 Å². The summed E-state index contributed by atoms with van der Waals surface area (Å²) < 4.78 is 0. The fourth-order valence-electron chi connectivity index (χ4n) is 3.29. The van der Waals surface area contributed by atoms with Crippen LogP contribution < -0.4 is 10.6 Å². The molecule has 2 aliphatic heterocycles. The molecule has 0 aliphatic carbocycles. The van der Waals surface area contributed by atoms with Crippen LogP contribution in [0.15, 0.2) is 23.2 Å². The fraction of sp³-hybridized carbons (Fsp3) is 0.389. The van der Waals surface area contributed by atoms with Gasteiger partial charge in [0.1, 0.15) is 11.9 Å². The minimum atomic E-state index is -0.739. The number of carbonyl (C=O) groups excluding carboxylic acids is 4. The predicted molar refractivity (Wildman–Crippen MR) is 93.5 cm³/mol. The van der Waals surface area contributed by atoms with Crippen LogP contribution in [-0.4, -0.2) is 40.4 Å². The van der Waals surface area contributed by atoms with E-state index in [9.17, 15) is 19.2 Å². The number of nitrogens with zero attached hydrogens (tertiary/aromatic N) is 2. The van der Waals surface area contributed by atoms with Crippen molar-refractivity contribution in [2.24, 2.45) is 4.99 Å². The molecule has 2 aliphatic rings.